The monoisotopic (exact) mass is 564 g/mol. The summed E-state index contributed by atoms with van der Waals surface area (Å²) in [5.41, 5.74) is 2.96. The van der Waals surface area contributed by atoms with Crippen molar-refractivity contribution in [3.05, 3.63) is 58.1 Å². The number of aromatic amines is 2. The molecule has 0 bridgehead atoms. The molecule has 2 aromatic carbocycles. The van der Waals surface area contributed by atoms with Crippen LogP contribution in [0, 0.1) is 0 Å². The van der Waals surface area contributed by atoms with E-state index < -0.39 is 0 Å². The highest BCUT2D eigenvalue weighted by molar-refractivity contribution is 8.14. The Morgan fingerprint density at radius 2 is 1.15 bits per heavy atom. The lowest BCUT2D eigenvalue weighted by Gasteiger charge is -2.00. The molecule has 2 N–H and O–H groups in total. The lowest BCUT2D eigenvalue weighted by molar-refractivity contribution is 0.107. The first-order valence-corrected chi connectivity index (χ1v) is 12.4. The Hall–Kier alpha value is -1.42. The maximum Gasteiger partial charge on any atom is 0.254 e. The molecule has 0 saturated heterocycles. The highest BCUT2D eigenvalue weighted by Gasteiger charge is 2.13. The van der Waals surface area contributed by atoms with E-state index in [9.17, 15) is 9.59 Å². The number of rotatable bonds is 8. The van der Waals surface area contributed by atoms with Gasteiger partial charge in [-0.2, -0.15) is 0 Å². The molecule has 0 aliphatic rings. The molecule has 33 heavy (non-hydrogen) atoms. The van der Waals surface area contributed by atoms with Crippen molar-refractivity contribution in [3.8, 4) is 0 Å². The van der Waals surface area contributed by atoms with E-state index in [1.807, 2.05) is 12.1 Å². The predicted molar refractivity (Wildman–Crippen MR) is 144 cm³/mol. The van der Waals surface area contributed by atoms with Crippen LogP contribution >= 0.6 is 71.5 Å². The van der Waals surface area contributed by atoms with Crippen LogP contribution in [-0.2, 0) is 0 Å². The van der Waals surface area contributed by atoms with E-state index in [0.717, 1.165) is 30.3 Å². The van der Waals surface area contributed by atoms with Crippen molar-refractivity contribution >= 4 is 104 Å². The van der Waals surface area contributed by atoms with Gasteiger partial charge in [-0.3, -0.25) is 9.59 Å². The number of halogens is 4. The van der Waals surface area contributed by atoms with E-state index in [0.29, 0.717) is 44.2 Å². The Morgan fingerprint density at radius 3 is 1.58 bits per heavy atom. The molecule has 176 valence electrons. The fraction of sp³-hybridized carbons (Fsp3) is 0.238. The molecule has 0 fully saturated rings. The van der Waals surface area contributed by atoms with Crippen LogP contribution in [-0.4, -0.2) is 41.7 Å². The normalized spacial score (nSPS) is 10.7. The van der Waals surface area contributed by atoms with Gasteiger partial charge in [0.05, 0.1) is 22.1 Å². The van der Waals surface area contributed by atoms with E-state index in [1.54, 1.807) is 24.3 Å². The fourth-order valence-electron chi connectivity index (χ4n) is 3.00. The number of benzene rings is 2. The summed E-state index contributed by atoms with van der Waals surface area (Å²) < 4.78 is 0. The standard InChI is InChI=1S/C21H18Cl2N4O2S2.2ClH/c22-12-4-6-14-16(10-12)26-18(24-14)20(28)30-8-2-1-3-9-31-21(29)19-25-15-7-5-13(23)11-17(15)27-19;;/h4-7,10-11H,1-3,8-9H2,(H,24,26)(H,25,27);2*1H. The molecule has 0 unspecified atom stereocenters. The van der Waals surface area contributed by atoms with Crippen molar-refractivity contribution in [3.63, 3.8) is 0 Å². The number of hydrogen-bond donors (Lipinski definition) is 2. The van der Waals surface area contributed by atoms with Crippen LogP contribution in [0.15, 0.2) is 36.4 Å². The number of nitrogens with one attached hydrogen (secondary N) is 2. The molecule has 0 spiro atoms. The number of carbonyl (C=O) groups is 2. The predicted octanol–water partition coefficient (Wildman–Crippen LogP) is 7.21. The number of nitrogens with zero attached hydrogens (tertiary/aromatic N) is 2. The number of hydrogen-bond acceptors (Lipinski definition) is 6. The van der Waals surface area contributed by atoms with Crippen molar-refractivity contribution in [2.24, 2.45) is 0 Å². The van der Waals surface area contributed by atoms with Crippen LogP contribution in [0.3, 0.4) is 0 Å². The molecule has 4 rings (SSSR count). The molecule has 0 radical (unpaired) electrons. The molecule has 2 aromatic heterocycles. The van der Waals surface area contributed by atoms with Gasteiger partial charge in [0.15, 0.2) is 11.6 Å². The summed E-state index contributed by atoms with van der Waals surface area (Å²) in [6, 6.07) is 10.6. The largest absolute Gasteiger partial charge is 0.335 e. The quantitative estimate of drug-likeness (QED) is 0.219. The average Bonchev–Trinajstić information content (AvgIpc) is 3.36. The van der Waals surface area contributed by atoms with E-state index in [-0.39, 0.29) is 35.0 Å². The summed E-state index contributed by atoms with van der Waals surface area (Å²) in [5, 5.41) is 1.02. The van der Waals surface area contributed by atoms with Gasteiger partial charge in [-0.25, -0.2) is 9.97 Å². The molecule has 0 aliphatic carbocycles. The zero-order valence-corrected chi connectivity index (χ0v) is 21.9. The first-order chi connectivity index (χ1) is 15.0. The number of aromatic nitrogens is 4. The Kier molecular flexibility index (Phi) is 10.9. The second-order valence-corrected chi connectivity index (χ2v) is 9.83. The summed E-state index contributed by atoms with van der Waals surface area (Å²) in [6.07, 6.45) is 2.72. The third-order valence-corrected chi connectivity index (χ3v) is 6.90. The minimum atomic E-state index is -0.0816. The van der Waals surface area contributed by atoms with Crippen LogP contribution in [0.5, 0.6) is 0 Å². The molecular formula is C21H20Cl4N4O2S2. The third-order valence-electron chi connectivity index (χ3n) is 4.53. The molecule has 12 heteroatoms. The van der Waals surface area contributed by atoms with Crippen LogP contribution in [0.1, 0.15) is 40.5 Å². The zero-order chi connectivity index (χ0) is 21.8. The SMILES string of the molecule is Cl.Cl.O=C(SCCCCCSC(=O)c1nc2cc(Cl)ccc2[nH]1)c1nc2cc(Cl)ccc2[nH]1. The van der Waals surface area contributed by atoms with Gasteiger partial charge in [-0.1, -0.05) is 53.1 Å². The summed E-state index contributed by atoms with van der Waals surface area (Å²) in [7, 11) is 0. The lowest BCUT2D eigenvalue weighted by Crippen LogP contribution is -1.99. The van der Waals surface area contributed by atoms with E-state index >= 15 is 0 Å². The van der Waals surface area contributed by atoms with Gasteiger partial charge in [0.2, 0.25) is 0 Å². The minimum absolute atomic E-state index is 0. The molecule has 0 aliphatic heterocycles. The van der Waals surface area contributed by atoms with Gasteiger partial charge in [0.1, 0.15) is 0 Å². The number of unbranched alkanes of at least 4 members (excludes halogenated alkanes) is 2. The van der Waals surface area contributed by atoms with Gasteiger partial charge < -0.3 is 9.97 Å². The molecule has 2 heterocycles. The number of fused-ring (bicyclic) bond motifs is 2. The van der Waals surface area contributed by atoms with Crippen LogP contribution in [0.4, 0.5) is 0 Å². The topological polar surface area (TPSA) is 91.5 Å². The highest BCUT2D eigenvalue weighted by atomic mass is 35.5. The maximum atomic E-state index is 12.3. The van der Waals surface area contributed by atoms with Crippen molar-refractivity contribution in [2.75, 3.05) is 11.5 Å². The fourth-order valence-corrected chi connectivity index (χ4v) is 4.87. The summed E-state index contributed by atoms with van der Waals surface area (Å²) in [6.45, 7) is 0. The van der Waals surface area contributed by atoms with Crippen LogP contribution in [0.2, 0.25) is 10.0 Å². The average molecular weight is 566 g/mol. The first-order valence-electron chi connectivity index (χ1n) is 9.64. The van der Waals surface area contributed by atoms with E-state index in [4.69, 9.17) is 23.2 Å². The highest BCUT2D eigenvalue weighted by Crippen LogP contribution is 2.22. The number of imidazole rings is 2. The number of thioether (sulfide) groups is 2. The van der Waals surface area contributed by atoms with Crippen molar-refractivity contribution in [1.29, 1.82) is 0 Å². The molecule has 0 saturated carbocycles. The van der Waals surface area contributed by atoms with Crippen molar-refractivity contribution in [1.82, 2.24) is 19.9 Å². The Bertz CT molecular complexity index is 1170. The maximum absolute atomic E-state index is 12.3. The summed E-state index contributed by atoms with van der Waals surface area (Å²) in [5.74, 6) is 2.10. The van der Waals surface area contributed by atoms with E-state index in [1.165, 1.54) is 23.5 Å². The first kappa shape index (κ1) is 27.8. The van der Waals surface area contributed by atoms with Crippen molar-refractivity contribution in [2.45, 2.75) is 19.3 Å². The molecular weight excluding hydrogens is 546 g/mol. The van der Waals surface area contributed by atoms with Gasteiger partial charge >= 0.3 is 0 Å². The molecule has 0 amide bonds. The van der Waals surface area contributed by atoms with Crippen molar-refractivity contribution < 1.29 is 9.59 Å². The summed E-state index contributed by atoms with van der Waals surface area (Å²) >= 11 is 14.4. The Morgan fingerprint density at radius 1 is 0.727 bits per heavy atom. The Labute approximate surface area is 221 Å². The minimum Gasteiger partial charge on any atom is -0.335 e. The summed E-state index contributed by atoms with van der Waals surface area (Å²) in [4.78, 5) is 39.3. The molecule has 4 aromatic rings. The second-order valence-electron chi connectivity index (χ2n) is 6.83. The third kappa shape index (κ3) is 7.28. The van der Waals surface area contributed by atoms with Crippen LogP contribution < -0.4 is 0 Å². The Balaban J connectivity index is 0.00000193. The molecule has 6 nitrogen and oxygen atoms in total. The van der Waals surface area contributed by atoms with Gasteiger partial charge in [-0.15, -0.1) is 24.8 Å². The van der Waals surface area contributed by atoms with E-state index in [2.05, 4.69) is 19.9 Å². The number of H-pyrrole nitrogens is 2. The zero-order valence-electron chi connectivity index (χ0n) is 17.1. The van der Waals surface area contributed by atoms with Gasteiger partial charge in [0, 0.05) is 21.6 Å². The second kappa shape index (κ2) is 12.9. The molecule has 0 atom stereocenters. The van der Waals surface area contributed by atoms with Gasteiger partial charge in [0.25, 0.3) is 10.2 Å². The lowest BCUT2D eigenvalue weighted by atomic mass is 10.3. The smallest absolute Gasteiger partial charge is 0.254 e. The van der Waals surface area contributed by atoms with Gasteiger partial charge in [-0.05, 0) is 49.2 Å². The number of carbonyl (C=O) groups excluding carboxylic acids is 2. The van der Waals surface area contributed by atoms with Crippen LogP contribution in [0.25, 0.3) is 22.1 Å².